The molecule has 6 rings (SSSR count). The van der Waals surface area contributed by atoms with E-state index >= 15 is 0 Å². The van der Waals surface area contributed by atoms with E-state index in [-0.39, 0.29) is 29.7 Å². The van der Waals surface area contributed by atoms with Gasteiger partial charge in [0.2, 0.25) is 5.91 Å². The molecule has 0 aromatic heterocycles. The summed E-state index contributed by atoms with van der Waals surface area (Å²) >= 11 is 0. The normalized spacial score (nSPS) is 43.7. The molecular formula is C20H29N3O3. The summed E-state index contributed by atoms with van der Waals surface area (Å²) in [7, 11) is 0. The van der Waals surface area contributed by atoms with E-state index in [0.29, 0.717) is 6.54 Å². The predicted octanol–water partition coefficient (Wildman–Crippen LogP) is 2.04. The van der Waals surface area contributed by atoms with E-state index in [1.807, 2.05) is 0 Å². The molecule has 1 unspecified atom stereocenters. The maximum atomic E-state index is 12.6. The molecule has 1 heterocycles. The van der Waals surface area contributed by atoms with Crippen molar-refractivity contribution in [3.63, 3.8) is 0 Å². The third-order valence-corrected chi connectivity index (χ3v) is 7.82. The molecule has 4 amide bonds. The molecule has 142 valence electrons. The first-order valence-electron chi connectivity index (χ1n) is 10.3. The van der Waals surface area contributed by atoms with Crippen molar-refractivity contribution in [1.29, 1.82) is 0 Å². The van der Waals surface area contributed by atoms with Gasteiger partial charge >= 0.3 is 6.03 Å². The smallest absolute Gasteiger partial charge is 0.325 e. The number of hydrogen-bond donors (Lipinski definition) is 2. The minimum atomic E-state index is -0.808. The van der Waals surface area contributed by atoms with Crippen LogP contribution in [0.4, 0.5) is 4.79 Å². The molecule has 1 atom stereocenters. The van der Waals surface area contributed by atoms with Gasteiger partial charge in [0.15, 0.2) is 0 Å². The van der Waals surface area contributed by atoms with E-state index in [0.717, 1.165) is 35.5 Å². The van der Waals surface area contributed by atoms with E-state index < -0.39 is 11.6 Å². The maximum absolute atomic E-state index is 12.6. The molecule has 4 bridgehead atoms. The molecule has 6 aliphatic rings. The minimum absolute atomic E-state index is 0.153. The highest BCUT2D eigenvalue weighted by Crippen LogP contribution is 2.59. The molecule has 5 saturated carbocycles. The Morgan fingerprint density at radius 3 is 2.23 bits per heavy atom. The first kappa shape index (κ1) is 16.6. The fourth-order valence-corrected chi connectivity index (χ4v) is 6.79. The molecule has 5 aliphatic carbocycles. The number of hydrogen-bond acceptors (Lipinski definition) is 3. The zero-order valence-corrected chi connectivity index (χ0v) is 15.6. The summed E-state index contributed by atoms with van der Waals surface area (Å²) in [5.74, 6) is 2.33. The molecule has 1 saturated heterocycles. The third kappa shape index (κ3) is 2.55. The second kappa shape index (κ2) is 5.46. The zero-order valence-electron chi connectivity index (χ0n) is 15.6. The first-order chi connectivity index (χ1) is 12.4. The molecule has 6 fully saturated rings. The average Bonchev–Trinajstić information content (AvgIpc) is 3.38. The van der Waals surface area contributed by atoms with E-state index in [2.05, 4.69) is 10.6 Å². The van der Waals surface area contributed by atoms with Gasteiger partial charge < -0.3 is 10.6 Å². The number of amides is 4. The molecule has 6 heteroatoms. The van der Waals surface area contributed by atoms with Crippen LogP contribution in [-0.4, -0.2) is 41.4 Å². The molecule has 0 aromatic rings. The summed E-state index contributed by atoms with van der Waals surface area (Å²) in [5, 5.41) is 5.87. The van der Waals surface area contributed by atoms with Crippen molar-refractivity contribution in [3.05, 3.63) is 0 Å². The maximum Gasteiger partial charge on any atom is 0.325 e. The number of carbonyl (C=O) groups excluding carboxylic acids is 3. The predicted molar refractivity (Wildman–Crippen MR) is 95.0 cm³/mol. The second-order valence-corrected chi connectivity index (χ2v) is 9.99. The van der Waals surface area contributed by atoms with Crippen LogP contribution >= 0.6 is 0 Å². The Hall–Kier alpha value is -1.59. The SMILES string of the molecule is CC1(C2CC2)NC(=O)N(CC(=O)NCC23CC4CC(CC(C4)C2)C3)C1=O. The molecule has 6 nitrogen and oxygen atoms in total. The summed E-state index contributed by atoms with van der Waals surface area (Å²) in [6.07, 6.45) is 9.80. The van der Waals surface area contributed by atoms with Gasteiger partial charge in [-0.15, -0.1) is 0 Å². The lowest BCUT2D eigenvalue weighted by Crippen LogP contribution is -2.52. The lowest BCUT2D eigenvalue weighted by molar-refractivity contribution is -0.135. The Morgan fingerprint density at radius 1 is 1.12 bits per heavy atom. The number of carbonyl (C=O) groups is 3. The van der Waals surface area contributed by atoms with Gasteiger partial charge in [-0.2, -0.15) is 0 Å². The van der Waals surface area contributed by atoms with Crippen molar-refractivity contribution < 1.29 is 14.4 Å². The van der Waals surface area contributed by atoms with Gasteiger partial charge in [-0.1, -0.05) is 0 Å². The van der Waals surface area contributed by atoms with Crippen LogP contribution in [0.25, 0.3) is 0 Å². The molecular weight excluding hydrogens is 330 g/mol. The highest BCUT2D eigenvalue weighted by Gasteiger charge is 2.56. The van der Waals surface area contributed by atoms with E-state index in [1.54, 1.807) is 6.92 Å². The highest BCUT2D eigenvalue weighted by atomic mass is 16.2. The van der Waals surface area contributed by atoms with Crippen LogP contribution in [-0.2, 0) is 9.59 Å². The molecule has 0 radical (unpaired) electrons. The van der Waals surface area contributed by atoms with Gasteiger partial charge in [0.1, 0.15) is 12.1 Å². The molecule has 1 aliphatic heterocycles. The van der Waals surface area contributed by atoms with Gasteiger partial charge in [-0.05, 0) is 87.4 Å². The average molecular weight is 359 g/mol. The summed E-state index contributed by atoms with van der Waals surface area (Å²) in [5.41, 5.74) is -0.540. The van der Waals surface area contributed by atoms with Crippen molar-refractivity contribution in [2.45, 2.75) is 63.8 Å². The van der Waals surface area contributed by atoms with E-state index in [4.69, 9.17) is 0 Å². The molecule has 0 spiro atoms. The molecule has 26 heavy (non-hydrogen) atoms. The summed E-state index contributed by atoms with van der Waals surface area (Å²) < 4.78 is 0. The van der Waals surface area contributed by atoms with Crippen molar-refractivity contribution in [2.24, 2.45) is 29.1 Å². The highest BCUT2D eigenvalue weighted by molar-refractivity contribution is 6.09. The quantitative estimate of drug-likeness (QED) is 0.738. The van der Waals surface area contributed by atoms with Gasteiger partial charge in [0.05, 0.1) is 0 Å². The second-order valence-electron chi connectivity index (χ2n) is 9.99. The Kier molecular flexibility index (Phi) is 3.48. The Labute approximate surface area is 154 Å². The van der Waals surface area contributed by atoms with Gasteiger partial charge in [-0.25, -0.2) is 4.79 Å². The minimum Gasteiger partial charge on any atom is -0.354 e. The number of rotatable bonds is 5. The van der Waals surface area contributed by atoms with Crippen LogP contribution < -0.4 is 10.6 Å². The first-order valence-corrected chi connectivity index (χ1v) is 10.3. The standard InChI is InChI=1S/C20H29N3O3/c1-19(15-2-3-15)17(25)23(18(26)22-19)10-16(24)21-11-20-7-12-4-13(8-20)6-14(5-12)9-20/h12-15H,2-11H2,1H3,(H,21,24)(H,22,26). The van der Waals surface area contributed by atoms with Gasteiger partial charge in [0, 0.05) is 6.54 Å². The van der Waals surface area contributed by atoms with Crippen LogP contribution in [0.1, 0.15) is 58.3 Å². The monoisotopic (exact) mass is 359 g/mol. The summed E-state index contributed by atoms with van der Waals surface area (Å²) in [6.45, 7) is 2.34. The largest absolute Gasteiger partial charge is 0.354 e. The summed E-state index contributed by atoms with van der Waals surface area (Å²) in [6, 6.07) is -0.422. The van der Waals surface area contributed by atoms with Crippen molar-refractivity contribution in [1.82, 2.24) is 15.5 Å². The van der Waals surface area contributed by atoms with E-state index in [1.165, 1.54) is 38.5 Å². The van der Waals surface area contributed by atoms with E-state index in [9.17, 15) is 14.4 Å². The van der Waals surface area contributed by atoms with Crippen LogP contribution in [0, 0.1) is 29.1 Å². The van der Waals surface area contributed by atoms with Crippen LogP contribution in [0.3, 0.4) is 0 Å². The lowest BCUT2D eigenvalue weighted by atomic mass is 9.49. The molecule has 0 aromatic carbocycles. The Balaban J connectivity index is 1.19. The Morgan fingerprint density at radius 2 is 1.69 bits per heavy atom. The van der Waals surface area contributed by atoms with Gasteiger partial charge in [0.25, 0.3) is 5.91 Å². The number of imide groups is 1. The third-order valence-electron chi connectivity index (χ3n) is 7.82. The van der Waals surface area contributed by atoms with Crippen LogP contribution in [0.2, 0.25) is 0 Å². The van der Waals surface area contributed by atoms with Crippen molar-refractivity contribution in [2.75, 3.05) is 13.1 Å². The topological polar surface area (TPSA) is 78.5 Å². The zero-order chi connectivity index (χ0) is 18.1. The van der Waals surface area contributed by atoms with Crippen molar-refractivity contribution >= 4 is 17.8 Å². The van der Waals surface area contributed by atoms with Crippen LogP contribution in [0.15, 0.2) is 0 Å². The van der Waals surface area contributed by atoms with Crippen LogP contribution in [0.5, 0.6) is 0 Å². The van der Waals surface area contributed by atoms with Gasteiger partial charge in [-0.3, -0.25) is 14.5 Å². The number of urea groups is 1. The Bertz CT molecular complexity index is 636. The van der Waals surface area contributed by atoms with Crippen molar-refractivity contribution in [3.8, 4) is 0 Å². The number of nitrogens with one attached hydrogen (secondary N) is 2. The fourth-order valence-electron chi connectivity index (χ4n) is 6.79. The lowest BCUT2D eigenvalue weighted by Gasteiger charge is -2.56. The molecule has 2 N–H and O–H groups in total. The number of nitrogens with zero attached hydrogens (tertiary/aromatic N) is 1. The summed E-state index contributed by atoms with van der Waals surface area (Å²) in [4.78, 5) is 38.5. The fraction of sp³-hybridized carbons (Fsp3) is 0.850.